The number of hydrogen-bond acceptors (Lipinski definition) is 3. The van der Waals surface area contributed by atoms with Crippen LogP contribution < -0.4 is 0 Å². The summed E-state index contributed by atoms with van der Waals surface area (Å²) in [4.78, 5) is 5.33. The van der Waals surface area contributed by atoms with Crippen LogP contribution in [0.2, 0.25) is 0 Å². The summed E-state index contributed by atoms with van der Waals surface area (Å²) in [5.74, 6) is 0.818. The van der Waals surface area contributed by atoms with Crippen molar-refractivity contribution >= 4 is 0 Å². The molecule has 0 aromatic heterocycles. The average molecular weight is 282 g/mol. The van der Waals surface area contributed by atoms with Crippen molar-refractivity contribution in [2.24, 2.45) is 11.3 Å². The molecule has 1 N–H and O–H groups in total. The smallest absolute Gasteiger partial charge is 0.0431 e. The highest BCUT2D eigenvalue weighted by atomic mass is 16.2. The lowest BCUT2D eigenvalue weighted by Gasteiger charge is -2.39. The zero-order valence-electron chi connectivity index (χ0n) is 13.6. The minimum Gasteiger partial charge on any atom is -0.396 e. The largest absolute Gasteiger partial charge is 0.396 e. The third-order valence-electron chi connectivity index (χ3n) is 4.88. The monoisotopic (exact) mass is 282 g/mol. The quantitative estimate of drug-likeness (QED) is 0.777. The van der Waals surface area contributed by atoms with Gasteiger partial charge in [0.25, 0.3) is 0 Å². The Morgan fingerprint density at radius 1 is 1.00 bits per heavy atom. The van der Waals surface area contributed by atoms with Crippen molar-refractivity contribution in [1.29, 1.82) is 0 Å². The summed E-state index contributed by atoms with van der Waals surface area (Å²) in [6.07, 6.45) is 7.68. The predicted octanol–water partition coefficient (Wildman–Crippen LogP) is 2.59. The molecule has 0 saturated carbocycles. The van der Waals surface area contributed by atoms with Gasteiger partial charge in [0.15, 0.2) is 0 Å². The highest BCUT2D eigenvalue weighted by Crippen LogP contribution is 2.26. The highest BCUT2D eigenvalue weighted by molar-refractivity contribution is 4.82. The van der Waals surface area contributed by atoms with Crippen LogP contribution in [0.3, 0.4) is 0 Å². The van der Waals surface area contributed by atoms with E-state index in [1.165, 1.54) is 71.4 Å². The van der Waals surface area contributed by atoms with Crippen molar-refractivity contribution < 1.29 is 5.11 Å². The van der Waals surface area contributed by atoms with E-state index in [-0.39, 0.29) is 0 Å². The minimum atomic E-state index is 0.358. The van der Waals surface area contributed by atoms with Crippen LogP contribution >= 0.6 is 0 Å². The van der Waals surface area contributed by atoms with Gasteiger partial charge in [-0.2, -0.15) is 0 Å². The fourth-order valence-corrected chi connectivity index (χ4v) is 4.11. The van der Waals surface area contributed by atoms with Crippen LogP contribution in [0.1, 0.15) is 52.4 Å². The molecule has 2 fully saturated rings. The number of nitrogens with zero attached hydrogens (tertiary/aromatic N) is 2. The molecule has 0 spiro atoms. The van der Waals surface area contributed by atoms with Crippen LogP contribution in [0.15, 0.2) is 0 Å². The van der Waals surface area contributed by atoms with Crippen LogP contribution in [-0.2, 0) is 0 Å². The zero-order valence-corrected chi connectivity index (χ0v) is 13.6. The van der Waals surface area contributed by atoms with E-state index in [9.17, 15) is 0 Å². The van der Waals surface area contributed by atoms with Crippen LogP contribution in [0.5, 0.6) is 0 Å². The third kappa shape index (κ3) is 5.34. The Balaban J connectivity index is 1.75. The number of aliphatic hydroxyl groups excluding tert-OH is 1. The van der Waals surface area contributed by atoms with E-state index in [4.69, 9.17) is 5.11 Å². The summed E-state index contributed by atoms with van der Waals surface area (Å²) in [6.45, 7) is 12.9. The lowest BCUT2D eigenvalue weighted by molar-refractivity contribution is 0.0920. The van der Waals surface area contributed by atoms with Gasteiger partial charge in [0.05, 0.1) is 0 Å². The normalized spacial score (nSPS) is 26.2. The van der Waals surface area contributed by atoms with Crippen molar-refractivity contribution in [3.05, 3.63) is 0 Å². The van der Waals surface area contributed by atoms with Gasteiger partial charge in [-0.05, 0) is 69.5 Å². The van der Waals surface area contributed by atoms with Crippen LogP contribution in [0, 0.1) is 11.3 Å². The first-order valence-electron chi connectivity index (χ1n) is 8.65. The van der Waals surface area contributed by atoms with Crippen molar-refractivity contribution in [3.63, 3.8) is 0 Å². The van der Waals surface area contributed by atoms with Gasteiger partial charge >= 0.3 is 0 Å². The topological polar surface area (TPSA) is 26.7 Å². The van der Waals surface area contributed by atoms with E-state index in [1.807, 2.05) is 0 Å². The van der Waals surface area contributed by atoms with E-state index < -0.39 is 0 Å². The summed E-state index contributed by atoms with van der Waals surface area (Å²) < 4.78 is 0. The number of rotatable bonds is 7. The standard InChI is InChI=1S/C17H34N2O/c1-17(2,14-18-9-3-4-10-18)15-19-11-5-7-16(13-19)8-6-12-20/h16,20H,3-15H2,1-2H3. The molecule has 1 unspecified atom stereocenters. The number of hydrogen-bond donors (Lipinski definition) is 1. The molecule has 0 aromatic carbocycles. The molecule has 0 aromatic rings. The number of aliphatic hydroxyl groups is 1. The zero-order chi connectivity index (χ0) is 14.4. The second-order valence-corrected chi connectivity index (χ2v) is 7.76. The van der Waals surface area contributed by atoms with Gasteiger partial charge < -0.3 is 14.9 Å². The molecule has 0 aliphatic carbocycles. The molecular weight excluding hydrogens is 248 g/mol. The number of piperidine rings is 1. The Labute approximate surface area is 125 Å². The van der Waals surface area contributed by atoms with Crippen molar-refractivity contribution in [3.8, 4) is 0 Å². The molecule has 0 bridgehead atoms. The maximum Gasteiger partial charge on any atom is 0.0431 e. The van der Waals surface area contributed by atoms with E-state index in [0.29, 0.717) is 12.0 Å². The minimum absolute atomic E-state index is 0.358. The Hall–Kier alpha value is -0.120. The Morgan fingerprint density at radius 3 is 2.35 bits per heavy atom. The fraction of sp³-hybridized carbons (Fsp3) is 1.00. The summed E-state index contributed by atoms with van der Waals surface area (Å²) in [5, 5.41) is 8.99. The molecule has 2 rings (SSSR count). The Kier molecular flexibility index (Phi) is 6.31. The van der Waals surface area contributed by atoms with Gasteiger partial charge in [-0.3, -0.25) is 0 Å². The highest BCUT2D eigenvalue weighted by Gasteiger charge is 2.28. The van der Waals surface area contributed by atoms with Gasteiger partial charge in [-0.1, -0.05) is 13.8 Å². The molecule has 0 amide bonds. The first-order chi connectivity index (χ1) is 9.59. The molecule has 2 saturated heterocycles. The molecule has 20 heavy (non-hydrogen) atoms. The van der Waals surface area contributed by atoms with Crippen molar-refractivity contribution in [1.82, 2.24) is 9.80 Å². The summed E-state index contributed by atoms with van der Waals surface area (Å²) in [5.41, 5.74) is 0.406. The molecule has 0 radical (unpaired) electrons. The molecule has 3 nitrogen and oxygen atoms in total. The second-order valence-electron chi connectivity index (χ2n) is 7.76. The molecule has 118 valence electrons. The Bertz CT molecular complexity index is 274. The first kappa shape index (κ1) is 16.3. The molecule has 2 aliphatic rings. The van der Waals surface area contributed by atoms with Crippen LogP contribution in [0.4, 0.5) is 0 Å². The molecule has 3 heteroatoms. The van der Waals surface area contributed by atoms with Crippen LogP contribution in [-0.4, -0.2) is 60.8 Å². The SMILES string of the molecule is CC(C)(CN1CCCC1)CN1CCCC(CCCO)C1. The maximum atomic E-state index is 8.99. The van der Waals surface area contributed by atoms with Gasteiger partial charge in [0.2, 0.25) is 0 Å². The molecular formula is C17H34N2O. The molecule has 2 aliphatic heterocycles. The lowest BCUT2D eigenvalue weighted by Crippen LogP contribution is -2.45. The van der Waals surface area contributed by atoms with E-state index in [1.54, 1.807) is 0 Å². The van der Waals surface area contributed by atoms with Gasteiger partial charge in [0.1, 0.15) is 0 Å². The molecule has 1 atom stereocenters. The van der Waals surface area contributed by atoms with Gasteiger partial charge in [-0.25, -0.2) is 0 Å². The summed E-state index contributed by atoms with van der Waals surface area (Å²) in [7, 11) is 0. The first-order valence-corrected chi connectivity index (χ1v) is 8.65. The van der Waals surface area contributed by atoms with E-state index >= 15 is 0 Å². The average Bonchev–Trinajstić information content (AvgIpc) is 2.88. The number of likely N-dealkylation sites (tertiary alicyclic amines) is 2. The van der Waals surface area contributed by atoms with Crippen molar-refractivity contribution in [2.45, 2.75) is 52.4 Å². The third-order valence-corrected chi connectivity index (χ3v) is 4.88. The van der Waals surface area contributed by atoms with Crippen LogP contribution in [0.25, 0.3) is 0 Å². The lowest BCUT2D eigenvalue weighted by atomic mass is 9.88. The van der Waals surface area contributed by atoms with Gasteiger partial charge in [0, 0.05) is 26.2 Å². The fourth-order valence-electron chi connectivity index (χ4n) is 4.11. The van der Waals surface area contributed by atoms with E-state index in [2.05, 4.69) is 23.6 Å². The predicted molar refractivity (Wildman–Crippen MR) is 84.9 cm³/mol. The second kappa shape index (κ2) is 7.77. The molecule has 2 heterocycles. The van der Waals surface area contributed by atoms with E-state index in [0.717, 1.165) is 12.3 Å². The van der Waals surface area contributed by atoms with Gasteiger partial charge in [-0.15, -0.1) is 0 Å². The van der Waals surface area contributed by atoms with Crippen molar-refractivity contribution in [2.75, 3.05) is 45.9 Å². The maximum absolute atomic E-state index is 8.99. The summed E-state index contributed by atoms with van der Waals surface area (Å²) >= 11 is 0. The summed E-state index contributed by atoms with van der Waals surface area (Å²) in [6, 6.07) is 0. The Morgan fingerprint density at radius 2 is 1.65 bits per heavy atom.